The number of hydrogen-bond acceptors (Lipinski definition) is 2. The fourth-order valence-electron chi connectivity index (χ4n) is 2.74. The average molecular weight is 261 g/mol. The van der Waals surface area contributed by atoms with Gasteiger partial charge in [-0.3, -0.25) is 4.79 Å². The van der Waals surface area contributed by atoms with E-state index in [0.29, 0.717) is 18.9 Å². The molecule has 0 bridgehead atoms. The number of nitrogens with two attached hydrogens (primary N) is 1. The number of hydrogen-bond donors (Lipinski definition) is 1. The van der Waals surface area contributed by atoms with Gasteiger partial charge in [0.25, 0.3) is 0 Å². The first-order valence-electron chi connectivity index (χ1n) is 7.14. The SMILES string of the molecule is Cc1cc(C)c(CC(=O)C(CN)CC(C)C)c(C)c1. The molecule has 1 rings (SSSR count). The van der Waals surface area contributed by atoms with Gasteiger partial charge in [-0.1, -0.05) is 31.5 Å². The van der Waals surface area contributed by atoms with Gasteiger partial charge >= 0.3 is 0 Å². The Morgan fingerprint density at radius 2 is 1.68 bits per heavy atom. The van der Waals surface area contributed by atoms with Crippen LogP contribution in [0.2, 0.25) is 0 Å². The number of ketones is 1. The van der Waals surface area contributed by atoms with Gasteiger partial charge < -0.3 is 5.73 Å². The Morgan fingerprint density at radius 3 is 2.11 bits per heavy atom. The maximum absolute atomic E-state index is 12.4. The molecule has 0 aliphatic rings. The Bertz CT molecular complexity index is 426. The van der Waals surface area contributed by atoms with Gasteiger partial charge in [0, 0.05) is 18.9 Å². The van der Waals surface area contributed by atoms with Crippen molar-refractivity contribution < 1.29 is 4.79 Å². The van der Waals surface area contributed by atoms with E-state index in [2.05, 4.69) is 46.8 Å². The fourth-order valence-corrected chi connectivity index (χ4v) is 2.74. The summed E-state index contributed by atoms with van der Waals surface area (Å²) in [6.45, 7) is 11.0. The van der Waals surface area contributed by atoms with Crippen LogP contribution in [-0.2, 0) is 11.2 Å². The van der Waals surface area contributed by atoms with Gasteiger partial charge in [0.1, 0.15) is 5.78 Å². The van der Waals surface area contributed by atoms with E-state index in [4.69, 9.17) is 5.73 Å². The van der Waals surface area contributed by atoms with E-state index in [1.807, 2.05) is 0 Å². The summed E-state index contributed by atoms with van der Waals surface area (Å²) in [6.07, 6.45) is 1.41. The topological polar surface area (TPSA) is 43.1 Å². The molecule has 0 saturated carbocycles. The quantitative estimate of drug-likeness (QED) is 0.853. The van der Waals surface area contributed by atoms with Crippen molar-refractivity contribution in [3.05, 3.63) is 34.4 Å². The van der Waals surface area contributed by atoms with E-state index in [0.717, 1.165) is 6.42 Å². The molecule has 1 atom stereocenters. The van der Waals surface area contributed by atoms with Gasteiger partial charge in [-0.25, -0.2) is 0 Å². The fraction of sp³-hybridized carbons (Fsp3) is 0.588. The summed E-state index contributed by atoms with van der Waals surface area (Å²) >= 11 is 0. The van der Waals surface area contributed by atoms with Crippen LogP contribution in [0.15, 0.2) is 12.1 Å². The van der Waals surface area contributed by atoms with Crippen LogP contribution >= 0.6 is 0 Å². The molecule has 1 aromatic carbocycles. The molecule has 2 heteroatoms. The van der Waals surface area contributed by atoms with Crippen molar-refractivity contribution in [1.29, 1.82) is 0 Å². The highest BCUT2D eigenvalue weighted by Gasteiger charge is 2.19. The Labute approximate surface area is 117 Å². The van der Waals surface area contributed by atoms with Crippen LogP contribution in [0, 0.1) is 32.6 Å². The van der Waals surface area contributed by atoms with Crippen molar-refractivity contribution in [2.75, 3.05) is 6.54 Å². The van der Waals surface area contributed by atoms with E-state index >= 15 is 0 Å². The smallest absolute Gasteiger partial charge is 0.141 e. The maximum atomic E-state index is 12.4. The van der Waals surface area contributed by atoms with Crippen LogP contribution in [0.4, 0.5) is 0 Å². The van der Waals surface area contributed by atoms with Crippen molar-refractivity contribution in [3.63, 3.8) is 0 Å². The Kier molecular flexibility index (Phi) is 5.74. The first-order chi connectivity index (χ1) is 8.85. The lowest BCUT2D eigenvalue weighted by molar-refractivity contribution is -0.122. The van der Waals surface area contributed by atoms with E-state index in [-0.39, 0.29) is 11.7 Å². The van der Waals surface area contributed by atoms with E-state index in [9.17, 15) is 4.79 Å². The number of Topliss-reactive ketones (excluding diaryl/α,β-unsaturated/α-hetero) is 1. The van der Waals surface area contributed by atoms with E-state index in [1.165, 1.54) is 22.3 Å². The van der Waals surface area contributed by atoms with Gasteiger partial charge in [-0.15, -0.1) is 0 Å². The molecule has 106 valence electrons. The van der Waals surface area contributed by atoms with Gasteiger partial charge in [-0.2, -0.15) is 0 Å². The normalized spacial score (nSPS) is 12.8. The molecule has 0 aliphatic heterocycles. The Hall–Kier alpha value is -1.15. The standard InChI is InChI=1S/C17H27NO/c1-11(2)6-15(10-18)17(19)9-16-13(4)7-12(3)8-14(16)5/h7-8,11,15H,6,9-10,18H2,1-5H3. The number of rotatable bonds is 6. The van der Waals surface area contributed by atoms with Crippen LogP contribution < -0.4 is 5.73 Å². The van der Waals surface area contributed by atoms with Gasteiger partial charge in [-0.05, 0) is 49.8 Å². The summed E-state index contributed by atoms with van der Waals surface area (Å²) in [4.78, 5) is 12.4. The predicted molar refractivity (Wildman–Crippen MR) is 81.4 cm³/mol. The second-order valence-electron chi connectivity index (χ2n) is 6.08. The largest absolute Gasteiger partial charge is 0.330 e. The molecule has 0 aromatic heterocycles. The molecule has 0 amide bonds. The second-order valence-corrected chi connectivity index (χ2v) is 6.08. The molecule has 0 spiro atoms. The molecule has 19 heavy (non-hydrogen) atoms. The third-order valence-corrected chi connectivity index (χ3v) is 3.69. The Balaban J connectivity index is 2.87. The van der Waals surface area contributed by atoms with Crippen LogP contribution in [0.1, 0.15) is 42.5 Å². The molecule has 0 radical (unpaired) electrons. The van der Waals surface area contributed by atoms with Gasteiger partial charge in [0.05, 0.1) is 0 Å². The van der Waals surface area contributed by atoms with Crippen LogP contribution in [0.3, 0.4) is 0 Å². The highest BCUT2D eigenvalue weighted by Crippen LogP contribution is 2.20. The third kappa shape index (κ3) is 4.46. The number of carbonyl (C=O) groups is 1. The zero-order chi connectivity index (χ0) is 14.6. The van der Waals surface area contributed by atoms with E-state index < -0.39 is 0 Å². The van der Waals surface area contributed by atoms with Crippen molar-refractivity contribution in [2.24, 2.45) is 17.6 Å². The monoisotopic (exact) mass is 261 g/mol. The predicted octanol–water partition coefficient (Wildman–Crippen LogP) is 3.34. The lowest BCUT2D eigenvalue weighted by Gasteiger charge is -2.18. The molecular weight excluding hydrogens is 234 g/mol. The van der Waals surface area contributed by atoms with Crippen LogP contribution in [-0.4, -0.2) is 12.3 Å². The van der Waals surface area contributed by atoms with Crippen LogP contribution in [0.5, 0.6) is 0 Å². The van der Waals surface area contributed by atoms with Crippen molar-refractivity contribution in [3.8, 4) is 0 Å². The summed E-state index contributed by atoms with van der Waals surface area (Å²) in [5.41, 5.74) is 10.6. The third-order valence-electron chi connectivity index (χ3n) is 3.69. The lowest BCUT2D eigenvalue weighted by Crippen LogP contribution is -2.27. The molecule has 0 aliphatic carbocycles. The summed E-state index contributed by atoms with van der Waals surface area (Å²) in [7, 11) is 0. The zero-order valence-corrected chi connectivity index (χ0v) is 12.9. The second kappa shape index (κ2) is 6.85. The van der Waals surface area contributed by atoms with Crippen LogP contribution in [0.25, 0.3) is 0 Å². The van der Waals surface area contributed by atoms with Crippen molar-refractivity contribution >= 4 is 5.78 Å². The molecule has 0 heterocycles. The summed E-state index contributed by atoms with van der Waals surface area (Å²) in [5.74, 6) is 0.795. The number of benzene rings is 1. The lowest BCUT2D eigenvalue weighted by atomic mass is 9.87. The Morgan fingerprint density at radius 1 is 1.16 bits per heavy atom. The molecular formula is C17H27NO. The first kappa shape index (κ1) is 15.9. The summed E-state index contributed by atoms with van der Waals surface area (Å²) in [5, 5.41) is 0. The highest BCUT2D eigenvalue weighted by molar-refractivity contribution is 5.84. The highest BCUT2D eigenvalue weighted by atomic mass is 16.1. The van der Waals surface area contributed by atoms with Crippen molar-refractivity contribution in [1.82, 2.24) is 0 Å². The summed E-state index contributed by atoms with van der Waals surface area (Å²) < 4.78 is 0. The maximum Gasteiger partial charge on any atom is 0.141 e. The minimum absolute atomic E-state index is 0.0000954. The van der Waals surface area contributed by atoms with Gasteiger partial charge in [0.2, 0.25) is 0 Å². The molecule has 2 nitrogen and oxygen atoms in total. The molecule has 1 aromatic rings. The number of aryl methyl sites for hydroxylation is 3. The van der Waals surface area contributed by atoms with E-state index in [1.54, 1.807) is 0 Å². The average Bonchev–Trinajstić information content (AvgIpc) is 2.30. The molecule has 2 N–H and O–H groups in total. The summed E-state index contributed by atoms with van der Waals surface area (Å²) in [6, 6.07) is 4.30. The zero-order valence-electron chi connectivity index (χ0n) is 12.9. The molecule has 0 fully saturated rings. The van der Waals surface area contributed by atoms with Gasteiger partial charge in [0.15, 0.2) is 0 Å². The number of carbonyl (C=O) groups excluding carboxylic acids is 1. The first-order valence-corrected chi connectivity index (χ1v) is 7.14. The minimum Gasteiger partial charge on any atom is -0.330 e. The minimum atomic E-state index is 0.0000954. The molecule has 0 saturated heterocycles. The molecule has 1 unspecified atom stereocenters. The van der Waals surface area contributed by atoms with Crippen molar-refractivity contribution in [2.45, 2.75) is 47.5 Å².